The van der Waals surface area contributed by atoms with E-state index in [1.165, 1.54) is 31.2 Å². The van der Waals surface area contributed by atoms with E-state index in [0.717, 1.165) is 11.3 Å². The Bertz CT molecular complexity index is 798. The van der Waals surface area contributed by atoms with Gasteiger partial charge in [-0.2, -0.15) is 5.26 Å². The van der Waals surface area contributed by atoms with Crippen LogP contribution in [0.1, 0.15) is 22.2 Å². The fourth-order valence-corrected chi connectivity index (χ4v) is 2.77. The standard InChI is InChI=1S/C15H10Cl2N2O3S/c1-8(22-15(21)12-4-5-13(17)23-12)14(20)19-10-3-2-9(7-18)11(16)6-10/h2-6,8H,1H3,(H,19,20). The summed E-state index contributed by atoms with van der Waals surface area (Å²) in [4.78, 5) is 24.2. The van der Waals surface area contributed by atoms with Gasteiger partial charge in [-0.15, -0.1) is 11.3 Å². The van der Waals surface area contributed by atoms with Crippen molar-refractivity contribution >= 4 is 52.1 Å². The van der Waals surface area contributed by atoms with Crippen LogP contribution in [0.2, 0.25) is 9.36 Å². The van der Waals surface area contributed by atoms with Gasteiger partial charge in [-0.05, 0) is 37.3 Å². The van der Waals surface area contributed by atoms with Gasteiger partial charge < -0.3 is 10.1 Å². The third kappa shape index (κ3) is 4.45. The van der Waals surface area contributed by atoms with Crippen LogP contribution in [0, 0.1) is 11.3 Å². The monoisotopic (exact) mass is 368 g/mol. The number of esters is 1. The van der Waals surface area contributed by atoms with Crippen molar-refractivity contribution in [3.63, 3.8) is 0 Å². The van der Waals surface area contributed by atoms with Crippen molar-refractivity contribution in [1.82, 2.24) is 0 Å². The molecule has 2 aromatic rings. The minimum absolute atomic E-state index is 0.225. The summed E-state index contributed by atoms with van der Waals surface area (Å²) in [5.41, 5.74) is 0.708. The molecular formula is C15H10Cl2N2O3S. The summed E-state index contributed by atoms with van der Waals surface area (Å²) >= 11 is 12.7. The second kappa shape index (κ2) is 7.47. The molecule has 8 heteroatoms. The number of carbonyl (C=O) groups is 2. The minimum atomic E-state index is -1.00. The van der Waals surface area contributed by atoms with E-state index in [2.05, 4.69) is 5.32 Å². The summed E-state index contributed by atoms with van der Waals surface area (Å²) in [7, 11) is 0. The number of hydrogen-bond donors (Lipinski definition) is 1. The van der Waals surface area contributed by atoms with E-state index in [4.69, 9.17) is 33.2 Å². The number of anilines is 1. The van der Waals surface area contributed by atoms with Crippen molar-refractivity contribution in [3.05, 3.63) is 50.1 Å². The van der Waals surface area contributed by atoms with Gasteiger partial charge in [0, 0.05) is 5.69 Å². The Hall–Kier alpha value is -2.07. The Morgan fingerprint density at radius 2 is 2.04 bits per heavy atom. The van der Waals surface area contributed by atoms with Crippen molar-refractivity contribution in [3.8, 4) is 6.07 Å². The third-order valence-corrected chi connectivity index (χ3v) is 4.31. The number of carbonyl (C=O) groups excluding carboxylic acids is 2. The van der Waals surface area contributed by atoms with Crippen molar-refractivity contribution in [2.45, 2.75) is 13.0 Å². The molecule has 0 aliphatic carbocycles. The maximum absolute atomic E-state index is 12.0. The number of amides is 1. The van der Waals surface area contributed by atoms with Crippen LogP contribution in [0.15, 0.2) is 30.3 Å². The lowest BCUT2D eigenvalue weighted by molar-refractivity contribution is -0.123. The highest BCUT2D eigenvalue weighted by Crippen LogP contribution is 2.23. The molecular weight excluding hydrogens is 359 g/mol. The maximum Gasteiger partial charge on any atom is 0.349 e. The molecule has 23 heavy (non-hydrogen) atoms. The van der Waals surface area contributed by atoms with Crippen molar-refractivity contribution < 1.29 is 14.3 Å². The van der Waals surface area contributed by atoms with E-state index in [1.807, 2.05) is 6.07 Å². The number of nitriles is 1. The molecule has 0 saturated heterocycles. The summed E-state index contributed by atoms with van der Waals surface area (Å²) in [6.07, 6.45) is -1.00. The van der Waals surface area contributed by atoms with Gasteiger partial charge in [0.25, 0.3) is 5.91 Å². The molecule has 1 amide bonds. The molecule has 1 atom stereocenters. The number of nitrogens with zero attached hydrogens (tertiary/aromatic N) is 1. The molecule has 1 N–H and O–H groups in total. The smallest absolute Gasteiger partial charge is 0.349 e. The summed E-state index contributed by atoms with van der Waals surface area (Å²) in [6, 6.07) is 9.50. The largest absolute Gasteiger partial charge is 0.448 e. The molecule has 2 rings (SSSR count). The molecule has 0 bridgehead atoms. The highest BCUT2D eigenvalue weighted by Gasteiger charge is 2.20. The molecule has 0 spiro atoms. The Morgan fingerprint density at radius 1 is 1.30 bits per heavy atom. The van der Waals surface area contributed by atoms with Crippen molar-refractivity contribution in [2.24, 2.45) is 0 Å². The predicted octanol–water partition coefficient (Wildman–Crippen LogP) is 4.11. The van der Waals surface area contributed by atoms with Gasteiger partial charge in [0.1, 0.15) is 10.9 Å². The molecule has 0 aliphatic heterocycles. The second-order valence-electron chi connectivity index (χ2n) is 4.45. The topological polar surface area (TPSA) is 79.2 Å². The number of hydrogen-bond acceptors (Lipinski definition) is 5. The number of halogens is 2. The first-order chi connectivity index (χ1) is 10.9. The number of benzene rings is 1. The highest BCUT2D eigenvalue weighted by molar-refractivity contribution is 7.17. The summed E-state index contributed by atoms with van der Waals surface area (Å²) < 4.78 is 5.53. The molecule has 1 aromatic carbocycles. The van der Waals surface area contributed by atoms with Crippen LogP contribution in [0.3, 0.4) is 0 Å². The van der Waals surface area contributed by atoms with Crippen LogP contribution in [0.4, 0.5) is 5.69 Å². The Labute approximate surface area is 146 Å². The molecule has 0 radical (unpaired) electrons. The minimum Gasteiger partial charge on any atom is -0.448 e. The van der Waals surface area contributed by atoms with E-state index in [1.54, 1.807) is 6.07 Å². The van der Waals surface area contributed by atoms with Crippen molar-refractivity contribution in [2.75, 3.05) is 5.32 Å². The Kier molecular flexibility index (Phi) is 5.61. The van der Waals surface area contributed by atoms with Gasteiger partial charge in [0.15, 0.2) is 6.10 Å². The van der Waals surface area contributed by atoms with E-state index in [-0.39, 0.29) is 5.02 Å². The molecule has 0 fully saturated rings. The van der Waals surface area contributed by atoms with Crippen LogP contribution in [-0.4, -0.2) is 18.0 Å². The normalized spacial score (nSPS) is 11.4. The van der Waals surface area contributed by atoms with Gasteiger partial charge in [0.05, 0.1) is 14.9 Å². The number of ether oxygens (including phenoxy) is 1. The first-order valence-electron chi connectivity index (χ1n) is 6.37. The average molecular weight is 369 g/mol. The van der Waals surface area contributed by atoms with Gasteiger partial charge >= 0.3 is 5.97 Å². The lowest BCUT2D eigenvalue weighted by Crippen LogP contribution is -2.29. The predicted molar refractivity (Wildman–Crippen MR) is 89.0 cm³/mol. The lowest BCUT2D eigenvalue weighted by Gasteiger charge is -2.13. The summed E-state index contributed by atoms with van der Waals surface area (Å²) in [6.45, 7) is 1.45. The van der Waals surface area contributed by atoms with Gasteiger partial charge in [-0.3, -0.25) is 4.79 Å². The summed E-state index contributed by atoms with van der Waals surface area (Å²) in [5, 5.41) is 11.6. The van der Waals surface area contributed by atoms with Crippen LogP contribution in [-0.2, 0) is 9.53 Å². The van der Waals surface area contributed by atoms with E-state index < -0.39 is 18.0 Å². The number of nitrogens with one attached hydrogen (secondary N) is 1. The maximum atomic E-state index is 12.0. The van der Waals surface area contributed by atoms with Crippen molar-refractivity contribution in [1.29, 1.82) is 5.26 Å². The average Bonchev–Trinajstić information content (AvgIpc) is 2.94. The number of thiophene rings is 1. The molecule has 1 unspecified atom stereocenters. The zero-order chi connectivity index (χ0) is 17.0. The molecule has 118 valence electrons. The molecule has 5 nitrogen and oxygen atoms in total. The molecule has 0 saturated carbocycles. The van der Waals surface area contributed by atoms with Gasteiger partial charge in [-0.25, -0.2) is 4.79 Å². The van der Waals surface area contributed by atoms with Gasteiger partial charge in [-0.1, -0.05) is 23.2 Å². The Balaban J connectivity index is 1.99. The first-order valence-corrected chi connectivity index (χ1v) is 7.95. The van der Waals surface area contributed by atoms with E-state index in [9.17, 15) is 9.59 Å². The second-order valence-corrected chi connectivity index (χ2v) is 6.57. The van der Waals surface area contributed by atoms with Crippen LogP contribution in [0.25, 0.3) is 0 Å². The van der Waals surface area contributed by atoms with E-state index >= 15 is 0 Å². The zero-order valence-corrected chi connectivity index (χ0v) is 14.1. The van der Waals surface area contributed by atoms with Gasteiger partial charge in [0.2, 0.25) is 0 Å². The van der Waals surface area contributed by atoms with Crippen LogP contribution >= 0.6 is 34.5 Å². The quantitative estimate of drug-likeness (QED) is 0.823. The molecule has 1 aromatic heterocycles. The fourth-order valence-electron chi connectivity index (χ4n) is 1.62. The fraction of sp³-hybridized carbons (Fsp3) is 0.133. The summed E-state index contributed by atoms with van der Waals surface area (Å²) in [5.74, 6) is -1.14. The molecule has 1 heterocycles. The lowest BCUT2D eigenvalue weighted by atomic mass is 10.2. The third-order valence-electron chi connectivity index (χ3n) is 2.78. The zero-order valence-electron chi connectivity index (χ0n) is 11.8. The van der Waals surface area contributed by atoms with Crippen LogP contribution < -0.4 is 5.32 Å². The number of rotatable bonds is 4. The highest BCUT2D eigenvalue weighted by atomic mass is 35.5. The van der Waals surface area contributed by atoms with E-state index in [0.29, 0.717) is 20.5 Å². The first kappa shape index (κ1) is 17.3. The van der Waals surface area contributed by atoms with Crippen LogP contribution in [0.5, 0.6) is 0 Å². The Morgan fingerprint density at radius 3 is 2.61 bits per heavy atom. The SMILES string of the molecule is CC(OC(=O)c1ccc(Cl)s1)C(=O)Nc1ccc(C#N)c(Cl)c1. The molecule has 0 aliphatic rings.